The fourth-order valence-corrected chi connectivity index (χ4v) is 4.38. The van der Waals surface area contributed by atoms with Crippen molar-refractivity contribution < 1.29 is 9.84 Å². The Labute approximate surface area is 196 Å². The topological polar surface area (TPSA) is 79.6 Å². The lowest BCUT2D eigenvalue weighted by atomic mass is 10.1. The van der Waals surface area contributed by atoms with Crippen molar-refractivity contribution in [2.45, 2.75) is 32.8 Å². The Morgan fingerprint density at radius 1 is 1.12 bits per heavy atom. The second-order valence-electron chi connectivity index (χ2n) is 8.37. The Morgan fingerprint density at radius 3 is 2.82 bits per heavy atom. The molecular weight excluding hydrogens is 432 g/mol. The quantitative estimate of drug-likeness (QED) is 0.374. The number of hydrogen-bond acceptors (Lipinski definition) is 7. The summed E-state index contributed by atoms with van der Waals surface area (Å²) in [5.74, 6) is 8.13. The van der Waals surface area contributed by atoms with Crippen molar-refractivity contribution in [1.82, 2.24) is 9.97 Å². The molecular formula is C26H22N4O2S. The lowest BCUT2D eigenvalue weighted by Gasteiger charge is -2.12. The first-order chi connectivity index (χ1) is 15.8. The minimum Gasteiger partial charge on any atom is -0.457 e. The SMILES string of the molecule is Cc1cc(Nc2ncnc3cc(C#CC(C)(C)O)sc23)ccc1Oc1ccc2c(c1)N=CC2. The minimum atomic E-state index is -1.04. The highest BCUT2D eigenvalue weighted by Gasteiger charge is 2.12. The predicted molar refractivity (Wildman–Crippen MR) is 133 cm³/mol. The lowest BCUT2D eigenvalue weighted by Crippen LogP contribution is -2.14. The van der Waals surface area contributed by atoms with Crippen LogP contribution in [0.1, 0.15) is 29.9 Å². The maximum absolute atomic E-state index is 9.86. The van der Waals surface area contributed by atoms with Crippen LogP contribution in [-0.4, -0.2) is 26.9 Å². The van der Waals surface area contributed by atoms with Crippen LogP contribution >= 0.6 is 11.3 Å². The van der Waals surface area contributed by atoms with Crippen LogP contribution in [0, 0.1) is 18.8 Å². The molecule has 33 heavy (non-hydrogen) atoms. The van der Waals surface area contributed by atoms with E-state index in [0.717, 1.165) is 50.0 Å². The molecule has 0 radical (unpaired) electrons. The van der Waals surface area contributed by atoms with Gasteiger partial charge in [-0.25, -0.2) is 9.97 Å². The van der Waals surface area contributed by atoms with Gasteiger partial charge in [-0.1, -0.05) is 17.9 Å². The molecule has 0 bridgehead atoms. The second kappa shape index (κ2) is 8.32. The Bertz CT molecular complexity index is 1450. The average Bonchev–Trinajstić information content (AvgIpc) is 3.40. The fraction of sp³-hybridized carbons (Fsp3) is 0.192. The number of aliphatic imine (C=N–C) groups is 1. The molecule has 7 heteroatoms. The molecule has 0 amide bonds. The largest absolute Gasteiger partial charge is 0.457 e. The highest BCUT2D eigenvalue weighted by molar-refractivity contribution is 7.20. The predicted octanol–water partition coefficient (Wildman–Crippen LogP) is 5.92. The number of nitrogens with zero attached hydrogens (tertiary/aromatic N) is 3. The summed E-state index contributed by atoms with van der Waals surface area (Å²) in [6, 6.07) is 13.9. The Morgan fingerprint density at radius 2 is 2.00 bits per heavy atom. The summed E-state index contributed by atoms with van der Waals surface area (Å²) in [4.78, 5) is 14.0. The van der Waals surface area contributed by atoms with Gasteiger partial charge in [-0.15, -0.1) is 11.3 Å². The summed E-state index contributed by atoms with van der Waals surface area (Å²) in [6.45, 7) is 5.33. The monoisotopic (exact) mass is 454 g/mol. The molecule has 6 nitrogen and oxygen atoms in total. The van der Waals surface area contributed by atoms with E-state index >= 15 is 0 Å². The highest BCUT2D eigenvalue weighted by atomic mass is 32.1. The average molecular weight is 455 g/mol. The summed E-state index contributed by atoms with van der Waals surface area (Å²) >= 11 is 1.49. The number of aryl methyl sites for hydroxylation is 1. The summed E-state index contributed by atoms with van der Waals surface area (Å²) in [5.41, 5.74) is 3.86. The molecule has 5 rings (SSSR count). The van der Waals surface area contributed by atoms with E-state index in [4.69, 9.17) is 4.74 Å². The van der Waals surface area contributed by atoms with Gasteiger partial charge in [-0.3, -0.25) is 4.99 Å². The Balaban J connectivity index is 1.37. The zero-order chi connectivity index (χ0) is 23.0. The van der Waals surface area contributed by atoms with Crippen LogP contribution in [-0.2, 0) is 6.42 Å². The molecule has 2 N–H and O–H groups in total. The summed E-state index contributed by atoms with van der Waals surface area (Å²) < 4.78 is 7.02. The second-order valence-corrected chi connectivity index (χ2v) is 9.42. The molecule has 4 aromatic rings. The summed E-state index contributed by atoms with van der Waals surface area (Å²) in [5, 5.41) is 13.2. The normalized spacial score (nSPS) is 12.4. The number of fused-ring (bicyclic) bond motifs is 2. The summed E-state index contributed by atoms with van der Waals surface area (Å²) in [6.07, 6.45) is 4.33. The van der Waals surface area contributed by atoms with Crippen LogP contribution in [0.4, 0.5) is 17.2 Å². The van der Waals surface area contributed by atoms with Crippen LogP contribution in [0.15, 0.2) is 53.8 Å². The van der Waals surface area contributed by atoms with E-state index in [2.05, 4.69) is 38.2 Å². The molecule has 0 atom stereocenters. The van der Waals surface area contributed by atoms with Gasteiger partial charge in [0.2, 0.25) is 0 Å². The Hall–Kier alpha value is -3.73. The summed E-state index contributed by atoms with van der Waals surface area (Å²) in [7, 11) is 0. The maximum atomic E-state index is 9.86. The van der Waals surface area contributed by atoms with Gasteiger partial charge in [0.25, 0.3) is 0 Å². The van der Waals surface area contributed by atoms with Crippen molar-refractivity contribution in [1.29, 1.82) is 0 Å². The number of thiophene rings is 1. The fourth-order valence-electron chi connectivity index (χ4n) is 3.47. The maximum Gasteiger partial charge on any atom is 0.151 e. The van der Waals surface area contributed by atoms with Gasteiger partial charge in [0, 0.05) is 24.4 Å². The molecule has 0 unspecified atom stereocenters. The smallest absolute Gasteiger partial charge is 0.151 e. The first-order valence-electron chi connectivity index (χ1n) is 10.6. The molecule has 0 saturated heterocycles. The van der Waals surface area contributed by atoms with Gasteiger partial charge in [-0.05, 0) is 62.2 Å². The first-order valence-corrected chi connectivity index (χ1v) is 11.4. The number of anilines is 2. The number of nitrogens with one attached hydrogen (secondary N) is 1. The lowest BCUT2D eigenvalue weighted by molar-refractivity contribution is 0.143. The van der Waals surface area contributed by atoms with Gasteiger partial charge in [0.05, 0.1) is 20.8 Å². The number of hydrogen-bond donors (Lipinski definition) is 2. The van der Waals surface area contributed by atoms with Gasteiger partial charge >= 0.3 is 0 Å². The third-order valence-corrected chi connectivity index (χ3v) is 6.11. The van der Waals surface area contributed by atoms with Gasteiger partial charge in [0.15, 0.2) is 5.82 Å². The van der Waals surface area contributed by atoms with E-state index in [-0.39, 0.29) is 0 Å². The van der Waals surface area contributed by atoms with E-state index in [1.165, 1.54) is 23.2 Å². The van der Waals surface area contributed by atoms with Crippen molar-refractivity contribution in [3.63, 3.8) is 0 Å². The number of rotatable bonds is 4. The van der Waals surface area contributed by atoms with Crippen LogP contribution in [0.2, 0.25) is 0 Å². The molecule has 0 saturated carbocycles. The van der Waals surface area contributed by atoms with Gasteiger partial charge in [-0.2, -0.15) is 0 Å². The molecule has 1 aliphatic heterocycles. The standard InChI is InChI=1S/C26H22N4O2S/c1-16-12-18(5-7-23(16)32-19-6-4-17-9-11-27-21(17)13-19)30-25-24-22(28-15-29-25)14-20(33-24)8-10-26(2,3)31/h4-7,11-15,31H,9H2,1-3H3,(H,28,29,30). The van der Waals surface area contributed by atoms with Crippen LogP contribution < -0.4 is 10.1 Å². The van der Waals surface area contributed by atoms with Crippen LogP contribution in [0.3, 0.4) is 0 Å². The van der Waals surface area contributed by atoms with Crippen LogP contribution in [0.5, 0.6) is 11.5 Å². The number of ether oxygens (including phenoxy) is 1. The zero-order valence-electron chi connectivity index (χ0n) is 18.5. The third kappa shape index (κ3) is 4.72. The molecule has 0 fully saturated rings. The van der Waals surface area contributed by atoms with Gasteiger partial charge in [0.1, 0.15) is 23.4 Å². The number of aromatic nitrogens is 2. The van der Waals surface area contributed by atoms with Crippen molar-refractivity contribution >= 4 is 45.0 Å². The minimum absolute atomic E-state index is 0.714. The molecule has 1 aliphatic rings. The number of benzene rings is 2. The van der Waals surface area contributed by atoms with Crippen molar-refractivity contribution in [2.24, 2.45) is 4.99 Å². The van der Waals surface area contributed by atoms with E-state index in [9.17, 15) is 5.11 Å². The number of aliphatic hydroxyl groups is 1. The van der Waals surface area contributed by atoms with E-state index in [1.807, 2.05) is 49.5 Å². The first kappa shape index (κ1) is 21.1. The molecule has 0 aliphatic carbocycles. The molecule has 3 heterocycles. The zero-order valence-corrected chi connectivity index (χ0v) is 19.3. The molecule has 2 aromatic carbocycles. The van der Waals surface area contributed by atoms with Crippen molar-refractivity contribution in [3.8, 4) is 23.3 Å². The molecule has 2 aromatic heterocycles. The van der Waals surface area contributed by atoms with E-state index in [1.54, 1.807) is 13.8 Å². The van der Waals surface area contributed by atoms with E-state index in [0.29, 0.717) is 5.82 Å². The van der Waals surface area contributed by atoms with Crippen LogP contribution in [0.25, 0.3) is 10.2 Å². The third-order valence-electron chi connectivity index (χ3n) is 5.07. The molecule has 0 spiro atoms. The highest BCUT2D eigenvalue weighted by Crippen LogP contribution is 2.35. The Kier molecular flexibility index (Phi) is 5.33. The van der Waals surface area contributed by atoms with Gasteiger partial charge < -0.3 is 15.2 Å². The van der Waals surface area contributed by atoms with Crippen molar-refractivity contribution in [2.75, 3.05) is 5.32 Å². The molecule has 164 valence electrons. The van der Waals surface area contributed by atoms with Crippen molar-refractivity contribution in [3.05, 3.63) is 64.8 Å². The van der Waals surface area contributed by atoms with E-state index < -0.39 is 5.60 Å².